The summed E-state index contributed by atoms with van der Waals surface area (Å²) < 4.78 is 0. The number of aryl methyl sites for hydroxylation is 2. The van der Waals surface area contributed by atoms with E-state index in [4.69, 9.17) is 4.84 Å². The minimum atomic E-state index is 0.480. The minimum absolute atomic E-state index is 0.480. The SMILES string of the molecule is CCc1ccc(/[C]=N\OCc2cccc(CC)c2)cc1. The first-order chi connectivity index (χ1) is 9.81. The molecule has 103 valence electrons. The summed E-state index contributed by atoms with van der Waals surface area (Å²) >= 11 is 0. The fourth-order valence-electron chi connectivity index (χ4n) is 1.95. The fourth-order valence-corrected chi connectivity index (χ4v) is 1.95. The number of hydrogen-bond donors (Lipinski definition) is 0. The van der Waals surface area contributed by atoms with Crippen molar-refractivity contribution in [1.29, 1.82) is 0 Å². The summed E-state index contributed by atoms with van der Waals surface area (Å²) in [7, 11) is 0. The summed E-state index contributed by atoms with van der Waals surface area (Å²) in [6.07, 6.45) is 4.98. The molecular formula is C18H20NO. The Bertz CT molecular complexity index is 558. The van der Waals surface area contributed by atoms with Gasteiger partial charge in [0.15, 0.2) is 0 Å². The van der Waals surface area contributed by atoms with Crippen LogP contribution in [0.25, 0.3) is 0 Å². The Morgan fingerprint density at radius 2 is 1.60 bits per heavy atom. The van der Waals surface area contributed by atoms with E-state index >= 15 is 0 Å². The van der Waals surface area contributed by atoms with Crippen molar-refractivity contribution >= 4 is 6.21 Å². The van der Waals surface area contributed by atoms with Crippen molar-refractivity contribution < 1.29 is 4.84 Å². The van der Waals surface area contributed by atoms with Gasteiger partial charge in [-0.1, -0.05) is 67.5 Å². The van der Waals surface area contributed by atoms with Crippen molar-refractivity contribution in [2.75, 3.05) is 0 Å². The number of benzene rings is 2. The molecule has 2 aromatic carbocycles. The molecule has 0 amide bonds. The van der Waals surface area contributed by atoms with Crippen LogP contribution in [0.2, 0.25) is 0 Å². The predicted molar refractivity (Wildman–Crippen MR) is 83.0 cm³/mol. The van der Waals surface area contributed by atoms with Crippen LogP contribution in [0.5, 0.6) is 0 Å². The topological polar surface area (TPSA) is 21.6 Å². The first-order valence-electron chi connectivity index (χ1n) is 7.06. The highest BCUT2D eigenvalue weighted by molar-refractivity contribution is 5.79. The van der Waals surface area contributed by atoms with E-state index in [9.17, 15) is 0 Å². The van der Waals surface area contributed by atoms with Crippen LogP contribution in [0.1, 0.15) is 36.1 Å². The molecule has 0 aliphatic carbocycles. The van der Waals surface area contributed by atoms with Crippen molar-refractivity contribution in [2.45, 2.75) is 33.3 Å². The first kappa shape index (κ1) is 14.3. The zero-order valence-corrected chi connectivity index (χ0v) is 12.1. The van der Waals surface area contributed by atoms with Gasteiger partial charge in [0.2, 0.25) is 0 Å². The number of hydrogen-bond acceptors (Lipinski definition) is 2. The molecule has 2 rings (SSSR count). The molecule has 0 aliphatic rings. The van der Waals surface area contributed by atoms with E-state index in [1.165, 1.54) is 11.1 Å². The third-order valence-electron chi connectivity index (χ3n) is 3.23. The Balaban J connectivity index is 1.86. The molecule has 0 saturated carbocycles. The van der Waals surface area contributed by atoms with Crippen LogP contribution in [0.3, 0.4) is 0 Å². The average Bonchev–Trinajstić information content (AvgIpc) is 2.52. The average molecular weight is 266 g/mol. The lowest BCUT2D eigenvalue weighted by Crippen LogP contribution is -1.90. The molecule has 2 aromatic rings. The standard InChI is InChI=1S/C18H20NO/c1-3-15-8-10-17(11-9-15)13-19-20-14-18-7-5-6-16(4-2)12-18/h5-12H,3-4,14H2,1-2H3. The van der Waals surface area contributed by atoms with E-state index in [0.29, 0.717) is 6.61 Å². The van der Waals surface area contributed by atoms with E-state index < -0.39 is 0 Å². The van der Waals surface area contributed by atoms with Crippen LogP contribution in [-0.2, 0) is 24.3 Å². The zero-order chi connectivity index (χ0) is 14.2. The van der Waals surface area contributed by atoms with Crippen molar-refractivity contribution in [3.05, 3.63) is 70.8 Å². The lowest BCUT2D eigenvalue weighted by atomic mass is 10.1. The van der Waals surface area contributed by atoms with Gasteiger partial charge in [-0.3, -0.25) is 0 Å². The van der Waals surface area contributed by atoms with Crippen molar-refractivity contribution in [1.82, 2.24) is 0 Å². The quantitative estimate of drug-likeness (QED) is 0.566. The Labute approximate surface area is 121 Å². The summed E-state index contributed by atoms with van der Waals surface area (Å²) in [5.41, 5.74) is 4.70. The molecule has 1 radical (unpaired) electrons. The fraction of sp³-hybridized carbons (Fsp3) is 0.278. The normalized spacial score (nSPS) is 10.9. The molecule has 2 nitrogen and oxygen atoms in total. The Morgan fingerprint density at radius 1 is 0.900 bits per heavy atom. The molecule has 0 saturated heterocycles. The largest absolute Gasteiger partial charge is 0.390 e. The highest BCUT2D eigenvalue weighted by Gasteiger charge is 1.95. The maximum absolute atomic E-state index is 5.29. The second-order valence-electron chi connectivity index (χ2n) is 4.70. The number of rotatable bonds is 6. The highest BCUT2D eigenvalue weighted by atomic mass is 16.6. The molecule has 20 heavy (non-hydrogen) atoms. The second kappa shape index (κ2) is 7.49. The molecule has 0 heterocycles. The van der Waals surface area contributed by atoms with Crippen LogP contribution >= 0.6 is 0 Å². The summed E-state index contributed by atoms with van der Waals surface area (Å²) in [4.78, 5) is 5.29. The van der Waals surface area contributed by atoms with Crippen LogP contribution < -0.4 is 0 Å². The molecule has 0 aliphatic heterocycles. The van der Waals surface area contributed by atoms with Crippen LogP contribution in [0.4, 0.5) is 0 Å². The summed E-state index contributed by atoms with van der Waals surface area (Å²) in [6.45, 7) is 4.76. The molecule has 0 atom stereocenters. The van der Waals surface area contributed by atoms with Crippen LogP contribution in [0, 0.1) is 0 Å². The number of nitrogens with zero attached hydrogens (tertiary/aromatic N) is 1. The summed E-state index contributed by atoms with van der Waals surface area (Å²) in [5, 5.41) is 3.90. The molecule has 0 aromatic heterocycles. The van der Waals surface area contributed by atoms with Crippen LogP contribution in [-0.4, -0.2) is 6.21 Å². The predicted octanol–water partition coefficient (Wildman–Crippen LogP) is 4.24. The van der Waals surface area contributed by atoms with Gasteiger partial charge in [-0.15, -0.1) is 0 Å². The van der Waals surface area contributed by atoms with Crippen LogP contribution in [0.15, 0.2) is 53.7 Å². The third-order valence-corrected chi connectivity index (χ3v) is 3.23. The molecule has 0 fully saturated rings. The van der Waals surface area contributed by atoms with Gasteiger partial charge in [0.1, 0.15) is 12.8 Å². The summed E-state index contributed by atoms with van der Waals surface area (Å²) in [5.74, 6) is 0. The lowest BCUT2D eigenvalue weighted by molar-refractivity contribution is 0.132. The van der Waals surface area contributed by atoms with E-state index in [-0.39, 0.29) is 0 Å². The highest BCUT2D eigenvalue weighted by Crippen LogP contribution is 2.07. The smallest absolute Gasteiger partial charge is 0.142 e. The molecular weight excluding hydrogens is 246 g/mol. The molecule has 0 N–H and O–H groups in total. The minimum Gasteiger partial charge on any atom is -0.390 e. The van der Waals surface area contributed by atoms with Gasteiger partial charge in [-0.05, 0) is 29.5 Å². The maximum Gasteiger partial charge on any atom is 0.142 e. The Hall–Kier alpha value is -2.09. The van der Waals surface area contributed by atoms with E-state index in [1.807, 2.05) is 18.2 Å². The molecule has 0 spiro atoms. The molecule has 0 bridgehead atoms. The maximum atomic E-state index is 5.29. The van der Waals surface area contributed by atoms with Gasteiger partial charge in [-0.25, -0.2) is 0 Å². The van der Waals surface area contributed by atoms with Gasteiger partial charge < -0.3 is 4.84 Å². The Kier molecular flexibility index (Phi) is 5.36. The third kappa shape index (κ3) is 4.23. The van der Waals surface area contributed by atoms with Crippen molar-refractivity contribution in [2.24, 2.45) is 5.16 Å². The van der Waals surface area contributed by atoms with E-state index in [2.05, 4.69) is 55.5 Å². The first-order valence-corrected chi connectivity index (χ1v) is 7.06. The van der Waals surface area contributed by atoms with E-state index in [0.717, 1.165) is 24.0 Å². The van der Waals surface area contributed by atoms with Gasteiger partial charge in [0.25, 0.3) is 0 Å². The summed E-state index contributed by atoms with van der Waals surface area (Å²) in [6, 6.07) is 16.5. The van der Waals surface area contributed by atoms with Gasteiger partial charge in [0, 0.05) is 5.56 Å². The Morgan fingerprint density at radius 3 is 2.30 bits per heavy atom. The van der Waals surface area contributed by atoms with Gasteiger partial charge in [-0.2, -0.15) is 0 Å². The van der Waals surface area contributed by atoms with Gasteiger partial charge >= 0.3 is 0 Å². The second-order valence-corrected chi connectivity index (χ2v) is 4.70. The molecule has 2 heteroatoms. The van der Waals surface area contributed by atoms with Gasteiger partial charge in [0.05, 0.1) is 0 Å². The van der Waals surface area contributed by atoms with Crippen molar-refractivity contribution in [3.63, 3.8) is 0 Å². The van der Waals surface area contributed by atoms with Crippen molar-refractivity contribution in [3.8, 4) is 0 Å². The zero-order valence-electron chi connectivity index (χ0n) is 12.1. The van der Waals surface area contributed by atoms with E-state index in [1.54, 1.807) is 0 Å². The monoisotopic (exact) mass is 266 g/mol. The lowest BCUT2D eigenvalue weighted by Gasteiger charge is -2.02. The molecule has 0 unspecified atom stereocenters.